The number of aliphatic hydroxyl groups is 1. The van der Waals surface area contributed by atoms with Crippen molar-refractivity contribution in [3.05, 3.63) is 27.7 Å². The molecule has 0 aliphatic heterocycles. The van der Waals surface area contributed by atoms with E-state index in [0.717, 1.165) is 0 Å². The number of sulfonamides is 1. The van der Waals surface area contributed by atoms with E-state index in [1.54, 1.807) is 6.92 Å². The van der Waals surface area contributed by atoms with Crippen LogP contribution < -0.4 is 4.72 Å². The van der Waals surface area contributed by atoms with Gasteiger partial charge in [0.25, 0.3) is 0 Å². The van der Waals surface area contributed by atoms with Crippen LogP contribution in [0.15, 0.2) is 17.0 Å². The number of rotatable bonds is 4. The Hall–Kier alpha value is -0.330. The number of hydrogen-bond donors (Lipinski definition) is 2. The van der Waals surface area contributed by atoms with Gasteiger partial charge in [-0.2, -0.15) is 0 Å². The Morgan fingerprint density at radius 2 is 2.00 bits per heavy atom. The van der Waals surface area contributed by atoms with E-state index in [1.807, 2.05) is 0 Å². The average molecular weight is 298 g/mol. The maximum absolute atomic E-state index is 11.9. The molecule has 1 aromatic rings. The zero-order chi connectivity index (χ0) is 13.2. The molecule has 1 aromatic carbocycles. The lowest BCUT2D eigenvalue weighted by atomic mass is 10.2. The van der Waals surface area contributed by atoms with E-state index < -0.39 is 16.1 Å². The largest absolute Gasteiger partial charge is 0.392 e. The summed E-state index contributed by atoms with van der Waals surface area (Å²) in [5, 5.41) is 9.55. The first-order valence-corrected chi connectivity index (χ1v) is 7.12. The molecular weight excluding hydrogens is 285 g/mol. The molecule has 4 nitrogen and oxygen atoms in total. The third-order valence-electron chi connectivity index (χ3n) is 2.14. The molecule has 96 valence electrons. The third kappa shape index (κ3) is 3.56. The Kier molecular flexibility index (Phi) is 4.80. The zero-order valence-corrected chi connectivity index (χ0v) is 11.7. The van der Waals surface area contributed by atoms with E-state index >= 15 is 0 Å². The second kappa shape index (κ2) is 5.54. The summed E-state index contributed by atoms with van der Waals surface area (Å²) in [4.78, 5) is -0.0401. The summed E-state index contributed by atoms with van der Waals surface area (Å²) in [7, 11) is -3.73. The highest BCUT2D eigenvalue weighted by Gasteiger charge is 2.20. The molecule has 0 spiro atoms. The number of benzene rings is 1. The van der Waals surface area contributed by atoms with Crippen molar-refractivity contribution in [3.63, 3.8) is 0 Å². The lowest BCUT2D eigenvalue weighted by Gasteiger charge is -2.11. The minimum atomic E-state index is -3.73. The van der Waals surface area contributed by atoms with Crippen molar-refractivity contribution in [3.8, 4) is 0 Å². The second-order valence-corrected chi connectivity index (χ2v) is 6.21. The van der Waals surface area contributed by atoms with Gasteiger partial charge in [-0.15, -0.1) is 0 Å². The lowest BCUT2D eigenvalue weighted by Crippen LogP contribution is -2.30. The Morgan fingerprint density at radius 3 is 2.53 bits per heavy atom. The first kappa shape index (κ1) is 14.7. The van der Waals surface area contributed by atoms with Gasteiger partial charge in [-0.05, 0) is 31.5 Å². The Balaban J connectivity index is 3.12. The van der Waals surface area contributed by atoms with Crippen molar-refractivity contribution in [2.75, 3.05) is 6.54 Å². The van der Waals surface area contributed by atoms with E-state index in [-0.39, 0.29) is 16.5 Å². The van der Waals surface area contributed by atoms with E-state index in [0.29, 0.717) is 10.6 Å². The summed E-state index contributed by atoms with van der Waals surface area (Å²) >= 11 is 11.8. The normalized spacial score (nSPS) is 13.7. The molecule has 0 saturated heterocycles. The van der Waals surface area contributed by atoms with Gasteiger partial charge in [0.15, 0.2) is 0 Å². The highest BCUT2D eigenvalue weighted by molar-refractivity contribution is 7.89. The third-order valence-corrected chi connectivity index (χ3v) is 4.62. The number of nitrogens with one attached hydrogen (secondary N) is 1. The SMILES string of the molecule is Cc1c(Cl)ccc(S(=O)(=O)NCC(C)O)c1Cl. The Labute approximate surface area is 111 Å². The minimum absolute atomic E-state index is 0.0401. The van der Waals surface area contributed by atoms with Crippen LogP contribution in [0.2, 0.25) is 10.0 Å². The van der Waals surface area contributed by atoms with Crippen molar-refractivity contribution < 1.29 is 13.5 Å². The maximum atomic E-state index is 11.9. The van der Waals surface area contributed by atoms with E-state index in [2.05, 4.69) is 4.72 Å². The van der Waals surface area contributed by atoms with Gasteiger partial charge in [-0.1, -0.05) is 23.2 Å². The summed E-state index contributed by atoms with van der Waals surface area (Å²) in [5.74, 6) is 0. The number of halogens is 2. The smallest absolute Gasteiger partial charge is 0.242 e. The molecule has 0 saturated carbocycles. The zero-order valence-electron chi connectivity index (χ0n) is 9.37. The standard InChI is InChI=1S/C10H13Cl2NO3S/c1-6(14)5-13-17(15,16)9-4-3-8(11)7(2)10(9)12/h3-4,6,13-14H,5H2,1-2H3. The fraction of sp³-hybridized carbons (Fsp3) is 0.400. The van der Waals surface area contributed by atoms with Crippen molar-refractivity contribution >= 4 is 33.2 Å². The van der Waals surface area contributed by atoms with Crippen molar-refractivity contribution in [2.45, 2.75) is 24.8 Å². The molecule has 1 atom stereocenters. The van der Waals surface area contributed by atoms with Crippen LogP contribution >= 0.6 is 23.2 Å². The molecular formula is C10H13Cl2NO3S. The molecule has 0 fully saturated rings. The van der Waals surface area contributed by atoms with Crippen molar-refractivity contribution in [2.24, 2.45) is 0 Å². The van der Waals surface area contributed by atoms with Crippen LogP contribution in [0, 0.1) is 6.92 Å². The quantitative estimate of drug-likeness (QED) is 0.893. The first-order valence-electron chi connectivity index (χ1n) is 4.88. The van der Waals surface area contributed by atoms with E-state index in [9.17, 15) is 8.42 Å². The van der Waals surface area contributed by atoms with E-state index in [4.69, 9.17) is 28.3 Å². The molecule has 0 amide bonds. The van der Waals surface area contributed by atoms with Gasteiger partial charge in [-0.3, -0.25) is 0 Å². The second-order valence-electron chi connectivity index (χ2n) is 3.69. The topological polar surface area (TPSA) is 66.4 Å². The molecule has 7 heteroatoms. The lowest BCUT2D eigenvalue weighted by molar-refractivity contribution is 0.198. The summed E-state index contributed by atoms with van der Waals surface area (Å²) in [5.41, 5.74) is 0.508. The van der Waals surface area contributed by atoms with Crippen LogP contribution in [0.25, 0.3) is 0 Å². The Bertz CT molecular complexity index is 515. The highest BCUT2D eigenvalue weighted by Crippen LogP contribution is 2.29. The predicted octanol–water partition coefficient (Wildman–Crippen LogP) is 1.96. The van der Waals surface area contributed by atoms with Crippen LogP contribution in [-0.4, -0.2) is 26.2 Å². The molecule has 0 aliphatic rings. The van der Waals surface area contributed by atoms with Gasteiger partial charge in [0, 0.05) is 11.6 Å². The van der Waals surface area contributed by atoms with Gasteiger partial charge in [0.2, 0.25) is 10.0 Å². The molecule has 17 heavy (non-hydrogen) atoms. The maximum Gasteiger partial charge on any atom is 0.242 e. The van der Waals surface area contributed by atoms with Crippen molar-refractivity contribution in [1.82, 2.24) is 4.72 Å². The van der Waals surface area contributed by atoms with Crippen LogP contribution in [0.1, 0.15) is 12.5 Å². The molecule has 1 unspecified atom stereocenters. The minimum Gasteiger partial charge on any atom is -0.392 e. The van der Waals surface area contributed by atoms with Gasteiger partial charge in [0.1, 0.15) is 4.90 Å². The molecule has 0 radical (unpaired) electrons. The molecule has 1 rings (SSSR count). The molecule has 0 aromatic heterocycles. The average Bonchev–Trinajstić information content (AvgIpc) is 2.23. The predicted molar refractivity (Wildman–Crippen MR) is 68.1 cm³/mol. The molecule has 0 bridgehead atoms. The summed E-state index contributed by atoms with van der Waals surface area (Å²) < 4.78 is 26.0. The fourth-order valence-corrected chi connectivity index (χ4v) is 3.08. The van der Waals surface area contributed by atoms with E-state index in [1.165, 1.54) is 19.1 Å². The molecule has 0 aliphatic carbocycles. The van der Waals surface area contributed by atoms with Crippen LogP contribution in [0.3, 0.4) is 0 Å². The van der Waals surface area contributed by atoms with Crippen LogP contribution in [-0.2, 0) is 10.0 Å². The van der Waals surface area contributed by atoms with Gasteiger partial charge < -0.3 is 5.11 Å². The van der Waals surface area contributed by atoms with Gasteiger partial charge in [0.05, 0.1) is 11.1 Å². The van der Waals surface area contributed by atoms with Crippen LogP contribution in [0.4, 0.5) is 0 Å². The molecule has 0 heterocycles. The summed E-state index contributed by atoms with van der Waals surface area (Å²) in [6.07, 6.45) is -0.767. The monoisotopic (exact) mass is 297 g/mol. The number of aliphatic hydroxyl groups excluding tert-OH is 1. The van der Waals surface area contributed by atoms with Crippen LogP contribution in [0.5, 0.6) is 0 Å². The van der Waals surface area contributed by atoms with Gasteiger partial charge >= 0.3 is 0 Å². The van der Waals surface area contributed by atoms with Gasteiger partial charge in [-0.25, -0.2) is 13.1 Å². The number of hydrogen-bond acceptors (Lipinski definition) is 3. The van der Waals surface area contributed by atoms with Crippen molar-refractivity contribution in [1.29, 1.82) is 0 Å². The Morgan fingerprint density at radius 1 is 1.41 bits per heavy atom. The fourth-order valence-electron chi connectivity index (χ4n) is 1.15. The highest BCUT2D eigenvalue weighted by atomic mass is 35.5. The molecule has 2 N–H and O–H groups in total. The first-order chi connectivity index (χ1) is 7.75. The summed E-state index contributed by atoms with van der Waals surface area (Å²) in [6.45, 7) is 3.05. The summed E-state index contributed by atoms with van der Waals surface area (Å²) in [6, 6.07) is 2.81.